The van der Waals surface area contributed by atoms with Crippen LogP contribution in [0.25, 0.3) is 0 Å². The van der Waals surface area contributed by atoms with Gasteiger partial charge in [0.05, 0.1) is 5.56 Å². The van der Waals surface area contributed by atoms with Gasteiger partial charge in [-0.1, -0.05) is 17.3 Å². The molecule has 5 nitrogen and oxygen atoms in total. The molecule has 0 saturated carbocycles. The average molecular weight is 215 g/mol. The fraction of sp³-hybridized carbons (Fsp3) is 0.182. The van der Waals surface area contributed by atoms with Crippen LogP contribution in [0.1, 0.15) is 17.3 Å². The molecule has 0 aliphatic carbocycles. The Labute approximate surface area is 92.3 Å². The molecule has 0 bridgehead atoms. The number of benzene rings is 1. The van der Waals surface area contributed by atoms with Crippen molar-refractivity contribution >= 4 is 0 Å². The maximum absolute atomic E-state index is 8.84. The van der Waals surface area contributed by atoms with E-state index >= 15 is 0 Å². The van der Waals surface area contributed by atoms with E-state index in [4.69, 9.17) is 14.5 Å². The Kier molecular flexibility index (Phi) is 2.83. The second kappa shape index (κ2) is 4.45. The van der Waals surface area contributed by atoms with Gasteiger partial charge in [-0.3, -0.25) is 0 Å². The molecule has 1 heterocycles. The average Bonchev–Trinajstić information content (AvgIpc) is 2.73. The highest BCUT2D eigenvalue weighted by atomic mass is 16.5. The molecule has 0 aliphatic heterocycles. The fourth-order valence-electron chi connectivity index (χ4n) is 1.23. The fourth-order valence-corrected chi connectivity index (χ4v) is 1.23. The van der Waals surface area contributed by atoms with Crippen LogP contribution in [-0.2, 0) is 6.61 Å². The van der Waals surface area contributed by atoms with Crippen molar-refractivity contribution in [1.29, 1.82) is 5.26 Å². The number of rotatable bonds is 3. The van der Waals surface area contributed by atoms with Crippen molar-refractivity contribution in [3.63, 3.8) is 0 Å². The van der Waals surface area contributed by atoms with Gasteiger partial charge in [-0.25, -0.2) is 0 Å². The summed E-state index contributed by atoms with van der Waals surface area (Å²) >= 11 is 0. The Bertz CT molecular complexity index is 528. The molecule has 0 spiro atoms. The molecule has 0 atom stereocenters. The molecule has 0 fully saturated rings. The molecule has 16 heavy (non-hydrogen) atoms. The summed E-state index contributed by atoms with van der Waals surface area (Å²) in [5.41, 5.74) is 0.489. The van der Waals surface area contributed by atoms with Gasteiger partial charge in [-0.2, -0.15) is 10.2 Å². The molecule has 0 unspecified atom stereocenters. The Balaban J connectivity index is 2.08. The van der Waals surface area contributed by atoms with E-state index in [9.17, 15) is 0 Å². The van der Waals surface area contributed by atoms with Gasteiger partial charge < -0.3 is 9.26 Å². The van der Waals surface area contributed by atoms with E-state index in [1.165, 1.54) is 0 Å². The van der Waals surface area contributed by atoms with Gasteiger partial charge in [0.15, 0.2) is 6.61 Å². The largest absolute Gasteiger partial charge is 0.484 e. The maximum atomic E-state index is 8.84. The third-order valence-corrected chi connectivity index (χ3v) is 1.93. The van der Waals surface area contributed by atoms with Crippen molar-refractivity contribution in [2.75, 3.05) is 0 Å². The van der Waals surface area contributed by atoms with E-state index in [2.05, 4.69) is 10.1 Å². The molecule has 2 aromatic rings. The molecule has 0 N–H and O–H groups in total. The van der Waals surface area contributed by atoms with E-state index < -0.39 is 0 Å². The molecule has 5 heteroatoms. The minimum Gasteiger partial charge on any atom is -0.484 e. The first-order valence-corrected chi connectivity index (χ1v) is 4.70. The molecular weight excluding hydrogens is 206 g/mol. The maximum Gasteiger partial charge on any atom is 0.223 e. The van der Waals surface area contributed by atoms with Crippen LogP contribution in [0.15, 0.2) is 28.8 Å². The molecule has 0 aliphatic rings. The van der Waals surface area contributed by atoms with Crippen molar-refractivity contribution < 1.29 is 9.26 Å². The molecule has 0 saturated heterocycles. The Morgan fingerprint density at radius 2 is 2.25 bits per heavy atom. The van der Waals surface area contributed by atoms with E-state index in [-0.39, 0.29) is 6.61 Å². The first-order chi connectivity index (χ1) is 7.79. The Morgan fingerprint density at radius 1 is 1.44 bits per heavy atom. The summed E-state index contributed by atoms with van der Waals surface area (Å²) < 4.78 is 10.2. The SMILES string of the molecule is Cc1nc(COc2ccccc2C#N)no1. The number of nitriles is 1. The Hall–Kier alpha value is -2.35. The highest BCUT2D eigenvalue weighted by Crippen LogP contribution is 2.17. The second-order valence-corrected chi connectivity index (χ2v) is 3.13. The van der Waals surface area contributed by atoms with Gasteiger partial charge in [-0.15, -0.1) is 0 Å². The molecule has 1 aromatic carbocycles. The van der Waals surface area contributed by atoms with Gasteiger partial charge in [0.1, 0.15) is 11.8 Å². The van der Waals surface area contributed by atoms with Crippen molar-refractivity contribution in [3.8, 4) is 11.8 Å². The van der Waals surface area contributed by atoms with Crippen molar-refractivity contribution in [1.82, 2.24) is 10.1 Å². The Morgan fingerprint density at radius 3 is 2.94 bits per heavy atom. The molecule has 80 valence electrons. The van der Waals surface area contributed by atoms with Gasteiger partial charge in [0, 0.05) is 6.92 Å². The molecule has 2 rings (SSSR count). The van der Waals surface area contributed by atoms with Gasteiger partial charge in [0.2, 0.25) is 11.7 Å². The van der Waals surface area contributed by atoms with Crippen molar-refractivity contribution in [3.05, 3.63) is 41.5 Å². The lowest BCUT2D eigenvalue weighted by Gasteiger charge is -2.03. The summed E-state index contributed by atoms with van der Waals surface area (Å²) in [4.78, 5) is 4.00. The molecule has 0 amide bonds. The van der Waals surface area contributed by atoms with Gasteiger partial charge >= 0.3 is 0 Å². The van der Waals surface area contributed by atoms with Crippen LogP contribution < -0.4 is 4.74 Å². The number of para-hydroxylation sites is 1. The lowest BCUT2D eigenvalue weighted by atomic mass is 10.2. The number of nitrogens with zero attached hydrogens (tertiary/aromatic N) is 3. The topological polar surface area (TPSA) is 71.9 Å². The van der Waals surface area contributed by atoms with Crippen LogP contribution in [0, 0.1) is 18.3 Å². The first-order valence-electron chi connectivity index (χ1n) is 4.70. The number of aromatic nitrogens is 2. The van der Waals surface area contributed by atoms with Crippen LogP contribution in [0.5, 0.6) is 5.75 Å². The molecular formula is C11H9N3O2. The summed E-state index contributed by atoms with van der Waals surface area (Å²) in [7, 11) is 0. The normalized spacial score (nSPS) is 9.75. The van der Waals surface area contributed by atoms with E-state index in [0.29, 0.717) is 23.0 Å². The van der Waals surface area contributed by atoms with E-state index in [0.717, 1.165) is 0 Å². The third-order valence-electron chi connectivity index (χ3n) is 1.93. The van der Waals surface area contributed by atoms with Crippen LogP contribution in [0.3, 0.4) is 0 Å². The monoisotopic (exact) mass is 215 g/mol. The predicted molar refractivity (Wildman–Crippen MR) is 54.5 cm³/mol. The lowest BCUT2D eigenvalue weighted by Crippen LogP contribution is -1.98. The van der Waals surface area contributed by atoms with Crippen molar-refractivity contribution in [2.24, 2.45) is 0 Å². The summed E-state index contributed by atoms with van der Waals surface area (Å²) in [6.07, 6.45) is 0. The van der Waals surface area contributed by atoms with Crippen molar-refractivity contribution in [2.45, 2.75) is 13.5 Å². The summed E-state index contributed by atoms with van der Waals surface area (Å²) in [6, 6.07) is 9.05. The number of ether oxygens (including phenoxy) is 1. The van der Waals surface area contributed by atoms with Crippen LogP contribution in [0.2, 0.25) is 0 Å². The lowest BCUT2D eigenvalue weighted by molar-refractivity contribution is 0.285. The zero-order valence-electron chi connectivity index (χ0n) is 8.67. The summed E-state index contributed by atoms with van der Waals surface area (Å²) in [5.74, 6) is 1.48. The molecule has 1 aromatic heterocycles. The first kappa shape index (κ1) is 10.2. The number of hydrogen-bond donors (Lipinski definition) is 0. The zero-order valence-corrected chi connectivity index (χ0v) is 8.67. The van der Waals surface area contributed by atoms with Crippen LogP contribution in [0.4, 0.5) is 0 Å². The predicted octanol–water partition coefficient (Wildman–Crippen LogP) is 1.83. The third kappa shape index (κ3) is 2.17. The summed E-state index contributed by atoms with van der Waals surface area (Å²) in [6.45, 7) is 1.90. The minimum atomic E-state index is 0.191. The number of aryl methyl sites for hydroxylation is 1. The second-order valence-electron chi connectivity index (χ2n) is 3.13. The number of hydrogen-bond acceptors (Lipinski definition) is 5. The van der Waals surface area contributed by atoms with Gasteiger partial charge in [-0.05, 0) is 12.1 Å². The van der Waals surface area contributed by atoms with Crippen LogP contribution >= 0.6 is 0 Å². The minimum absolute atomic E-state index is 0.191. The van der Waals surface area contributed by atoms with Gasteiger partial charge in [0.25, 0.3) is 0 Å². The van der Waals surface area contributed by atoms with E-state index in [1.54, 1.807) is 31.2 Å². The highest BCUT2D eigenvalue weighted by molar-refractivity contribution is 5.42. The van der Waals surface area contributed by atoms with E-state index in [1.807, 2.05) is 6.07 Å². The molecule has 0 radical (unpaired) electrons. The smallest absolute Gasteiger partial charge is 0.223 e. The standard InChI is InChI=1S/C11H9N3O2/c1-8-13-11(14-16-8)7-15-10-5-3-2-4-9(10)6-12/h2-5H,7H2,1H3. The summed E-state index contributed by atoms with van der Waals surface area (Å²) in [5, 5.41) is 12.5. The zero-order chi connectivity index (χ0) is 11.4. The van der Waals surface area contributed by atoms with Crippen LogP contribution in [-0.4, -0.2) is 10.1 Å². The quantitative estimate of drug-likeness (QED) is 0.780. The highest BCUT2D eigenvalue weighted by Gasteiger charge is 2.05.